The monoisotopic (exact) mass is 663 g/mol. The van der Waals surface area contributed by atoms with Gasteiger partial charge in [-0.3, -0.25) is 14.5 Å². The number of hydrogen-bond acceptors (Lipinski definition) is 7. The number of aliphatic hydroxyl groups excluding tert-OH is 2. The number of rotatable bonds is 15. The number of hydroxylamine groups is 2. The molecule has 2 aromatic rings. The van der Waals surface area contributed by atoms with Crippen LogP contribution in [-0.2, 0) is 36.3 Å². The lowest BCUT2D eigenvalue weighted by atomic mass is 9.43. The van der Waals surface area contributed by atoms with Crippen molar-refractivity contribution in [2.75, 3.05) is 33.9 Å². The number of aryl methyl sites for hydroxylation is 1. The van der Waals surface area contributed by atoms with Crippen LogP contribution in [0.25, 0.3) is 0 Å². The van der Waals surface area contributed by atoms with E-state index >= 15 is 0 Å². The number of likely N-dealkylation sites (N-methyl/N-ethyl adjacent to an activating group) is 1. The van der Waals surface area contributed by atoms with Gasteiger partial charge in [0.05, 0.1) is 19.8 Å². The van der Waals surface area contributed by atoms with Crippen LogP contribution < -0.4 is 0 Å². The van der Waals surface area contributed by atoms with E-state index in [4.69, 9.17) is 4.84 Å². The van der Waals surface area contributed by atoms with Gasteiger partial charge in [0.15, 0.2) is 0 Å². The molecule has 266 valence electrons. The Balaban J connectivity index is 1.33. The number of aliphatic imine (C=N–C) groups is 1. The molecule has 2 bridgehead atoms. The maximum Gasteiger partial charge on any atom is 0.265 e. The highest BCUT2D eigenvalue weighted by Gasteiger charge is 2.56. The number of hydrogen-bond donors (Lipinski definition) is 2. The molecule has 2 N–H and O–H groups in total. The lowest BCUT2D eigenvalue weighted by molar-refractivity contribution is -0.180. The molecule has 8 atom stereocenters. The zero-order chi connectivity index (χ0) is 34.7. The SMILES string of the molecule is CC(C)C[C@@H](CN(C)C)N(Cc1cccc(CN2O[C@@H](CO)[C@@H](CO)[C@H]2C(=O)N=CC2C[C@H]3C[C@@H]([C@@H]2C)C3(C)C)c1)Cc1cccn1C. The van der Waals surface area contributed by atoms with E-state index in [0.717, 1.165) is 38.0 Å². The summed E-state index contributed by atoms with van der Waals surface area (Å²) in [7, 11) is 6.39. The average Bonchev–Trinajstić information content (AvgIpc) is 3.60. The first-order valence-electron chi connectivity index (χ1n) is 18.1. The van der Waals surface area contributed by atoms with Crippen molar-refractivity contribution in [3.05, 3.63) is 59.4 Å². The average molecular weight is 664 g/mol. The summed E-state index contributed by atoms with van der Waals surface area (Å²) < 4.78 is 2.20. The molecule has 6 rings (SSSR count). The highest BCUT2D eigenvalue weighted by Crippen LogP contribution is 2.62. The summed E-state index contributed by atoms with van der Waals surface area (Å²) in [5, 5.41) is 22.1. The molecule has 1 amide bonds. The normalized spacial score (nSPS) is 29.3. The van der Waals surface area contributed by atoms with Crippen LogP contribution in [0, 0.1) is 40.9 Å². The second-order valence-corrected chi connectivity index (χ2v) is 16.3. The standard InChI is InChI=1S/C39H61N5O4/c1-26(2)15-33(22-41(6)7)43(23-32-13-10-14-42(32)8)20-28-11-9-12-29(16-28)21-44-37(34(24-45)36(25-46)48-44)38(47)40-19-30-17-31-18-35(27(30)3)39(31,4)5/h9-14,16,19,26-27,30-31,33-37,45-46H,15,17-18,20-25H2,1-8H3/t27-,30?,31+,33+,34-,35+,36+,37+/m1/s1. The van der Waals surface area contributed by atoms with Crippen LogP contribution in [0.5, 0.6) is 0 Å². The van der Waals surface area contributed by atoms with Gasteiger partial charge in [-0.15, -0.1) is 0 Å². The molecule has 1 aliphatic heterocycles. The maximum atomic E-state index is 13.8. The van der Waals surface area contributed by atoms with Crippen LogP contribution in [0.3, 0.4) is 0 Å². The second-order valence-electron chi connectivity index (χ2n) is 16.3. The van der Waals surface area contributed by atoms with E-state index in [9.17, 15) is 15.0 Å². The zero-order valence-electron chi connectivity index (χ0n) is 30.6. The van der Waals surface area contributed by atoms with E-state index in [-0.39, 0.29) is 25.0 Å². The topological polar surface area (TPSA) is 93.8 Å². The molecule has 1 saturated heterocycles. The number of nitrogens with zero attached hydrogens (tertiary/aromatic N) is 5. The van der Waals surface area contributed by atoms with Crippen LogP contribution in [0.15, 0.2) is 47.6 Å². The Bertz CT molecular complexity index is 1380. The van der Waals surface area contributed by atoms with E-state index < -0.39 is 18.1 Å². The van der Waals surface area contributed by atoms with Crippen LogP contribution in [0.2, 0.25) is 0 Å². The smallest absolute Gasteiger partial charge is 0.265 e. The molecule has 3 saturated carbocycles. The Kier molecular flexibility index (Phi) is 12.0. The van der Waals surface area contributed by atoms with Crippen LogP contribution in [-0.4, -0.2) is 93.8 Å². The highest BCUT2D eigenvalue weighted by molar-refractivity contribution is 5.90. The molecule has 0 spiro atoms. The van der Waals surface area contributed by atoms with Crippen molar-refractivity contribution in [2.24, 2.45) is 53.0 Å². The van der Waals surface area contributed by atoms with Gasteiger partial charge in [-0.25, -0.2) is 4.99 Å². The fourth-order valence-electron chi connectivity index (χ4n) is 8.92. The third kappa shape index (κ3) is 8.14. The molecule has 1 aromatic heterocycles. The number of benzene rings is 1. The number of fused-ring (bicyclic) bond motifs is 2. The molecule has 48 heavy (non-hydrogen) atoms. The number of amides is 1. The van der Waals surface area contributed by atoms with Gasteiger partial charge >= 0.3 is 0 Å². The van der Waals surface area contributed by atoms with Gasteiger partial charge in [0, 0.05) is 56.7 Å². The Labute approximate surface area is 288 Å². The van der Waals surface area contributed by atoms with Gasteiger partial charge < -0.3 is 19.7 Å². The summed E-state index contributed by atoms with van der Waals surface area (Å²) >= 11 is 0. The van der Waals surface area contributed by atoms with Gasteiger partial charge in [0.1, 0.15) is 12.1 Å². The molecule has 3 aliphatic carbocycles. The fourth-order valence-corrected chi connectivity index (χ4v) is 8.92. The van der Waals surface area contributed by atoms with Crippen LogP contribution in [0.1, 0.15) is 70.7 Å². The minimum atomic E-state index is -0.763. The summed E-state index contributed by atoms with van der Waals surface area (Å²) in [5.74, 6) is 1.82. The number of carbonyl (C=O) groups excluding carboxylic acids is 1. The third-order valence-electron chi connectivity index (χ3n) is 11.9. The maximum absolute atomic E-state index is 13.8. The first kappa shape index (κ1) is 36.9. The Morgan fingerprint density at radius 2 is 1.85 bits per heavy atom. The minimum Gasteiger partial charge on any atom is -0.396 e. The first-order chi connectivity index (χ1) is 22.8. The molecular weight excluding hydrogens is 602 g/mol. The van der Waals surface area contributed by atoms with Crippen molar-refractivity contribution in [3.63, 3.8) is 0 Å². The van der Waals surface area contributed by atoms with Gasteiger partial charge in [-0.1, -0.05) is 58.9 Å². The van der Waals surface area contributed by atoms with Crippen LogP contribution in [0.4, 0.5) is 0 Å². The van der Waals surface area contributed by atoms with Crippen molar-refractivity contribution in [3.8, 4) is 0 Å². The van der Waals surface area contributed by atoms with Crippen molar-refractivity contribution in [1.82, 2.24) is 19.4 Å². The number of carbonyl (C=O) groups is 1. The van der Waals surface area contributed by atoms with Gasteiger partial charge in [0.2, 0.25) is 0 Å². The lowest BCUT2D eigenvalue weighted by Gasteiger charge is -2.61. The molecule has 1 unspecified atom stereocenters. The minimum absolute atomic E-state index is 0.261. The van der Waals surface area contributed by atoms with Crippen LogP contribution >= 0.6 is 0 Å². The molecule has 2 heterocycles. The van der Waals surface area contributed by atoms with E-state index in [1.807, 2.05) is 6.21 Å². The Morgan fingerprint density at radius 1 is 1.10 bits per heavy atom. The van der Waals surface area contributed by atoms with E-state index in [0.29, 0.717) is 41.7 Å². The quantitative estimate of drug-likeness (QED) is 0.259. The van der Waals surface area contributed by atoms with Gasteiger partial charge in [0.25, 0.3) is 5.91 Å². The predicted molar refractivity (Wildman–Crippen MR) is 191 cm³/mol. The summed E-state index contributed by atoms with van der Waals surface area (Å²) in [5.41, 5.74) is 3.85. The van der Waals surface area contributed by atoms with Gasteiger partial charge in [-0.05, 0) is 91.6 Å². The largest absolute Gasteiger partial charge is 0.396 e. The van der Waals surface area contributed by atoms with Gasteiger partial charge in [-0.2, -0.15) is 5.06 Å². The van der Waals surface area contributed by atoms with Crippen molar-refractivity contribution in [1.29, 1.82) is 0 Å². The van der Waals surface area contributed by atoms with Crippen molar-refractivity contribution in [2.45, 2.75) is 91.7 Å². The number of aliphatic hydroxyl groups is 2. The lowest BCUT2D eigenvalue weighted by Crippen LogP contribution is -2.55. The van der Waals surface area contributed by atoms with E-state index in [1.54, 1.807) is 5.06 Å². The molecule has 9 nitrogen and oxygen atoms in total. The second kappa shape index (κ2) is 15.7. The van der Waals surface area contributed by atoms with Crippen molar-refractivity contribution < 1.29 is 19.8 Å². The van der Waals surface area contributed by atoms with E-state index in [1.165, 1.54) is 17.7 Å². The highest BCUT2D eigenvalue weighted by atomic mass is 16.7. The molecule has 4 fully saturated rings. The fraction of sp³-hybridized carbons (Fsp3) is 0.692. The predicted octanol–water partition coefficient (Wildman–Crippen LogP) is 5.00. The summed E-state index contributed by atoms with van der Waals surface area (Å²) in [6.45, 7) is 14.1. The third-order valence-corrected chi connectivity index (χ3v) is 11.9. The zero-order valence-corrected chi connectivity index (χ0v) is 30.6. The summed E-state index contributed by atoms with van der Waals surface area (Å²) in [6.07, 6.45) is 6.76. The molecule has 9 heteroatoms. The Morgan fingerprint density at radius 3 is 2.46 bits per heavy atom. The Hall–Kier alpha value is -2.40. The number of aromatic nitrogens is 1. The molecule has 4 aliphatic rings. The molecular formula is C39H61N5O4. The summed E-state index contributed by atoms with van der Waals surface area (Å²) in [6, 6.07) is 12.4. The van der Waals surface area contributed by atoms with Crippen molar-refractivity contribution >= 4 is 12.1 Å². The molecule has 0 radical (unpaired) electrons. The molecule has 1 aromatic carbocycles. The summed E-state index contributed by atoms with van der Waals surface area (Å²) in [4.78, 5) is 29.3. The first-order valence-corrected chi connectivity index (χ1v) is 18.1. The van der Waals surface area contributed by atoms with E-state index in [2.05, 4.69) is 118 Å².